The molecule has 0 spiro atoms. The number of hydrogen-bond acceptors (Lipinski definition) is 3. The number of rotatable bonds is 10. The van der Waals surface area contributed by atoms with E-state index in [1.54, 1.807) is 24.3 Å². The van der Waals surface area contributed by atoms with Crippen molar-refractivity contribution in [2.45, 2.75) is 64.7 Å². The lowest BCUT2D eigenvalue weighted by Gasteiger charge is -2.14. The quantitative estimate of drug-likeness (QED) is 0.655. The standard InChI is InChI=1S/C19H26O3/c1-3-5-10-15(20)14-17(19(22)12-6-4-2)16-11-8-7-9-13-18(16)21/h7-9,11,13,17H,3-6,10,12,14H2,1-2H3. The number of carbonyl (C=O) groups is 2. The highest BCUT2D eigenvalue weighted by molar-refractivity contribution is 5.91. The average Bonchev–Trinajstić information content (AvgIpc) is 2.72. The molecule has 3 nitrogen and oxygen atoms in total. The van der Waals surface area contributed by atoms with Crippen molar-refractivity contribution >= 4 is 11.6 Å². The second-order valence-corrected chi connectivity index (χ2v) is 5.70. The lowest BCUT2D eigenvalue weighted by molar-refractivity contribution is -0.125. The van der Waals surface area contributed by atoms with Crippen LogP contribution in [0.2, 0.25) is 0 Å². The molecule has 1 unspecified atom stereocenters. The summed E-state index contributed by atoms with van der Waals surface area (Å²) in [6.45, 7) is 4.06. The van der Waals surface area contributed by atoms with E-state index in [1.165, 1.54) is 6.07 Å². The summed E-state index contributed by atoms with van der Waals surface area (Å²) in [5, 5.41) is 0. The summed E-state index contributed by atoms with van der Waals surface area (Å²) in [5.41, 5.74) is 0.291. The monoisotopic (exact) mass is 302 g/mol. The first-order chi connectivity index (χ1) is 10.6. The van der Waals surface area contributed by atoms with Crippen molar-refractivity contribution in [3.63, 3.8) is 0 Å². The minimum atomic E-state index is -0.587. The van der Waals surface area contributed by atoms with Crippen LogP contribution in [0, 0.1) is 0 Å². The molecular formula is C19H26O3. The van der Waals surface area contributed by atoms with Crippen LogP contribution >= 0.6 is 0 Å². The molecule has 0 aromatic heterocycles. The van der Waals surface area contributed by atoms with E-state index in [4.69, 9.17) is 0 Å². The third-order valence-corrected chi connectivity index (χ3v) is 3.81. The highest BCUT2D eigenvalue weighted by Gasteiger charge is 2.24. The Morgan fingerprint density at radius 2 is 1.59 bits per heavy atom. The summed E-state index contributed by atoms with van der Waals surface area (Å²) in [7, 11) is 0. The number of Topliss-reactive ketones (excluding diaryl/α,β-unsaturated/α-hetero) is 2. The molecule has 3 heteroatoms. The molecule has 0 amide bonds. The highest BCUT2D eigenvalue weighted by Crippen LogP contribution is 2.22. The Kier molecular flexibility index (Phi) is 8.34. The van der Waals surface area contributed by atoms with Gasteiger partial charge in [-0.25, -0.2) is 0 Å². The Hall–Kier alpha value is -1.77. The van der Waals surface area contributed by atoms with Crippen LogP contribution in [0.15, 0.2) is 35.1 Å². The first-order valence-corrected chi connectivity index (χ1v) is 8.23. The third kappa shape index (κ3) is 5.92. The van der Waals surface area contributed by atoms with Crippen molar-refractivity contribution in [3.8, 4) is 0 Å². The van der Waals surface area contributed by atoms with Crippen molar-refractivity contribution in [1.82, 2.24) is 0 Å². The Morgan fingerprint density at radius 1 is 0.955 bits per heavy atom. The zero-order valence-corrected chi connectivity index (χ0v) is 13.6. The van der Waals surface area contributed by atoms with Gasteiger partial charge in [-0.05, 0) is 18.9 Å². The van der Waals surface area contributed by atoms with Crippen molar-refractivity contribution in [1.29, 1.82) is 0 Å². The maximum Gasteiger partial charge on any atom is 0.182 e. The van der Waals surface area contributed by atoms with Crippen molar-refractivity contribution in [2.24, 2.45) is 0 Å². The van der Waals surface area contributed by atoms with Gasteiger partial charge >= 0.3 is 0 Å². The molecule has 0 aliphatic rings. The molecule has 1 aromatic carbocycles. The number of carbonyl (C=O) groups excluding carboxylic acids is 2. The fourth-order valence-electron chi connectivity index (χ4n) is 2.46. The van der Waals surface area contributed by atoms with Crippen molar-refractivity contribution < 1.29 is 9.59 Å². The van der Waals surface area contributed by atoms with Gasteiger partial charge in [-0.3, -0.25) is 14.4 Å². The van der Waals surface area contributed by atoms with E-state index in [1.807, 2.05) is 13.8 Å². The second kappa shape index (κ2) is 10.0. The summed E-state index contributed by atoms with van der Waals surface area (Å²) in [6, 6.07) is 8.33. The molecule has 0 aliphatic carbocycles. The maximum absolute atomic E-state index is 12.5. The van der Waals surface area contributed by atoms with Crippen LogP contribution < -0.4 is 5.43 Å². The van der Waals surface area contributed by atoms with Crippen molar-refractivity contribution in [3.05, 3.63) is 46.1 Å². The van der Waals surface area contributed by atoms with E-state index < -0.39 is 5.92 Å². The van der Waals surface area contributed by atoms with E-state index in [-0.39, 0.29) is 23.4 Å². The largest absolute Gasteiger partial charge is 0.300 e. The smallest absolute Gasteiger partial charge is 0.182 e. The van der Waals surface area contributed by atoms with Gasteiger partial charge in [0.05, 0.1) is 5.92 Å². The van der Waals surface area contributed by atoms with Crippen LogP contribution in [0.25, 0.3) is 0 Å². The molecule has 1 aromatic rings. The predicted molar refractivity (Wildman–Crippen MR) is 89.1 cm³/mol. The first-order valence-electron chi connectivity index (χ1n) is 8.23. The molecule has 0 saturated heterocycles. The molecule has 22 heavy (non-hydrogen) atoms. The molecule has 1 rings (SSSR count). The molecule has 0 radical (unpaired) electrons. The SMILES string of the molecule is CCCCC(=O)CC(C(=O)CCCC)c1cccccc1=O. The fraction of sp³-hybridized carbons (Fsp3) is 0.526. The number of ketones is 2. The summed E-state index contributed by atoms with van der Waals surface area (Å²) in [5.74, 6) is -0.506. The van der Waals surface area contributed by atoms with E-state index in [0.29, 0.717) is 18.4 Å². The van der Waals surface area contributed by atoms with E-state index in [0.717, 1.165) is 25.7 Å². The molecular weight excluding hydrogens is 276 g/mol. The first kappa shape index (κ1) is 18.3. The van der Waals surface area contributed by atoms with Crippen molar-refractivity contribution in [2.75, 3.05) is 0 Å². The molecule has 120 valence electrons. The topological polar surface area (TPSA) is 51.2 Å². The van der Waals surface area contributed by atoms with Crippen LogP contribution in [0.4, 0.5) is 0 Å². The molecule has 0 fully saturated rings. The van der Waals surface area contributed by atoms with Gasteiger partial charge in [-0.2, -0.15) is 0 Å². The summed E-state index contributed by atoms with van der Waals surface area (Å²) < 4.78 is 0. The zero-order chi connectivity index (χ0) is 16.4. The van der Waals surface area contributed by atoms with Gasteiger partial charge in [0, 0.05) is 24.8 Å². The van der Waals surface area contributed by atoms with E-state index in [2.05, 4.69) is 0 Å². The summed E-state index contributed by atoms with van der Waals surface area (Å²) >= 11 is 0. The molecule has 0 saturated carbocycles. The van der Waals surface area contributed by atoms with E-state index in [9.17, 15) is 14.4 Å². The van der Waals surface area contributed by atoms with Gasteiger partial charge in [-0.1, -0.05) is 51.0 Å². The normalized spacial score (nSPS) is 11.9. The van der Waals surface area contributed by atoms with Crippen LogP contribution in [-0.4, -0.2) is 11.6 Å². The lowest BCUT2D eigenvalue weighted by Crippen LogP contribution is -2.21. The van der Waals surface area contributed by atoms with Crippen LogP contribution in [0.3, 0.4) is 0 Å². The number of unbranched alkanes of at least 4 members (excludes halogenated alkanes) is 2. The minimum absolute atomic E-state index is 0.00926. The van der Waals surface area contributed by atoms with Gasteiger partial charge in [-0.15, -0.1) is 0 Å². The minimum Gasteiger partial charge on any atom is -0.300 e. The van der Waals surface area contributed by atoms with Crippen LogP contribution in [0.5, 0.6) is 0 Å². The average molecular weight is 302 g/mol. The van der Waals surface area contributed by atoms with Crippen LogP contribution in [-0.2, 0) is 9.59 Å². The Bertz CT molecular complexity index is 548. The zero-order valence-electron chi connectivity index (χ0n) is 13.6. The third-order valence-electron chi connectivity index (χ3n) is 3.81. The Labute approximate surface area is 132 Å². The van der Waals surface area contributed by atoms with E-state index >= 15 is 0 Å². The lowest BCUT2D eigenvalue weighted by atomic mass is 9.87. The molecule has 0 N–H and O–H groups in total. The summed E-state index contributed by atoms with van der Waals surface area (Å²) in [4.78, 5) is 36.7. The second-order valence-electron chi connectivity index (χ2n) is 5.70. The predicted octanol–water partition coefficient (Wildman–Crippen LogP) is 4.04. The molecule has 0 aliphatic heterocycles. The maximum atomic E-state index is 12.5. The Balaban J connectivity index is 3.01. The summed E-state index contributed by atoms with van der Waals surface area (Å²) in [6.07, 6.45) is 4.58. The van der Waals surface area contributed by atoms with Gasteiger partial charge in [0.2, 0.25) is 0 Å². The molecule has 1 atom stereocenters. The van der Waals surface area contributed by atoms with Crippen LogP contribution in [0.1, 0.15) is 70.3 Å². The van der Waals surface area contributed by atoms with Gasteiger partial charge < -0.3 is 0 Å². The Morgan fingerprint density at radius 3 is 2.27 bits per heavy atom. The highest BCUT2D eigenvalue weighted by atomic mass is 16.1. The molecule has 0 bridgehead atoms. The van der Waals surface area contributed by atoms with Gasteiger partial charge in [0.1, 0.15) is 11.6 Å². The van der Waals surface area contributed by atoms with Gasteiger partial charge in [0.15, 0.2) is 5.43 Å². The van der Waals surface area contributed by atoms with Gasteiger partial charge in [0.25, 0.3) is 0 Å². The number of hydrogen-bond donors (Lipinski definition) is 0. The fourth-order valence-corrected chi connectivity index (χ4v) is 2.46. The molecule has 0 heterocycles.